The fourth-order valence-corrected chi connectivity index (χ4v) is 6.04. The normalized spacial score (nSPS) is 12.8. The van der Waals surface area contributed by atoms with Crippen molar-refractivity contribution in [1.82, 2.24) is 9.97 Å². The lowest BCUT2D eigenvalue weighted by Gasteiger charge is -2.33. The molecule has 2 heterocycles. The zero-order chi connectivity index (χ0) is 27.8. The van der Waals surface area contributed by atoms with Gasteiger partial charge in [-0.3, -0.25) is 0 Å². The van der Waals surface area contributed by atoms with E-state index in [9.17, 15) is 0 Å². The largest absolute Gasteiger partial charge is 0.497 e. The molecule has 4 aromatic carbocycles. The van der Waals surface area contributed by atoms with E-state index >= 15 is 0 Å². The van der Waals surface area contributed by atoms with Crippen LogP contribution in [0.1, 0.15) is 22.3 Å². The fourth-order valence-electron chi connectivity index (χ4n) is 6.04. The number of ether oxygens (including phenoxy) is 2. The monoisotopic (exact) mass is 532 g/mol. The van der Waals surface area contributed by atoms with Crippen LogP contribution < -0.4 is 9.47 Å². The van der Waals surface area contributed by atoms with Crippen LogP contribution in [-0.2, 0) is 5.41 Å². The van der Waals surface area contributed by atoms with E-state index in [0.29, 0.717) is 0 Å². The summed E-state index contributed by atoms with van der Waals surface area (Å²) in [6.07, 6.45) is 0. The summed E-state index contributed by atoms with van der Waals surface area (Å²) in [7, 11) is 3.39. The van der Waals surface area contributed by atoms with Crippen LogP contribution in [0.3, 0.4) is 0 Å². The molecule has 0 aliphatic heterocycles. The Balaban J connectivity index is 1.56. The summed E-state index contributed by atoms with van der Waals surface area (Å²) in [6.45, 7) is 0. The minimum absolute atomic E-state index is 0.631. The molecule has 6 aromatic rings. The van der Waals surface area contributed by atoms with Crippen LogP contribution in [0.5, 0.6) is 11.5 Å². The van der Waals surface area contributed by atoms with Gasteiger partial charge in [-0.25, -0.2) is 9.97 Å². The molecular weight excluding hydrogens is 504 g/mol. The third-order valence-electron chi connectivity index (χ3n) is 8.01. The number of hydrogen-bond donors (Lipinski definition) is 0. The zero-order valence-electron chi connectivity index (χ0n) is 22.9. The topological polar surface area (TPSA) is 44.2 Å². The molecular formula is C37H28N2O2. The van der Waals surface area contributed by atoms with Gasteiger partial charge in [0, 0.05) is 11.1 Å². The predicted molar refractivity (Wildman–Crippen MR) is 163 cm³/mol. The molecule has 0 spiro atoms. The van der Waals surface area contributed by atoms with E-state index in [4.69, 9.17) is 19.4 Å². The summed E-state index contributed by atoms with van der Waals surface area (Å²) < 4.78 is 11.1. The second kappa shape index (κ2) is 10.1. The Hall–Kier alpha value is -5.22. The van der Waals surface area contributed by atoms with Crippen molar-refractivity contribution in [1.29, 1.82) is 0 Å². The number of hydrogen-bond acceptors (Lipinski definition) is 4. The Morgan fingerprint density at radius 1 is 0.439 bits per heavy atom. The summed E-state index contributed by atoms with van der Waals surface area (Å²) in [5.74, 6) is 1.62. The van der Waals surface area contributed by atoms with Crippen LogP contribution in [0.4, 0.5) is 0 Å². The van der Waals surface area contributed by atoms with Gasteiger partial charge in [-0.1, -0.05) is 97.1 Å². The third-order valence-corrected chi connectivity index (χ3v) is 8.01. The van der Waals surface area contributed by atoms with Crippen molar-refractivity contribution in [2.24, 2.45) is 0 Å². The molecule has 0 atom stereocenters. The molecule has 7 rings (SSSR count). The first-order valence-electron chi connectivity index (χ1n) is 13.7. The van der Waals surface area contributed by atoms with Gasteiger partial charge < -0.3 is 9.47 Å². The van der Waals surface area contributed by atoms with Crippen molar-refractivity contribution in [3.05, 3.63) is 156 Å². The highest BCUT2D eigenvalue weighted by Crippen LogP contribution is 2.56. The highest BCUT2D eigenvalue weighted by Gasteiger charge is 2.48. The lowest BCUT2D eigenvalue weighted by molar-refractivity contribution is 0.414. The minimum Gasteiger partial charge on any atom is -0.497 e. The Bertz CT molecular complexity index is 1690. The summed E-state index contributed by atoms with van der Waals surface area (Å²) in [5, 5.41) is 0. The van der Waals surface area contributed by atoms with E-state index in [1.807, 2.05) is 60.7 Å². The second-order valence-electron chi connectivity index (χ2n) is 10.1. The van der Waals surface area contributed by atoms with Crippen LogP contribution in [-0.4, -0.2) is 24.2 Å². The van der Waals surface area contributed by atoms with E-state index in [1.54, 1.807) is 14.2 Å². The van der Waals surface area contributed by atoms with Crippen molar-refractivity contribution in [2.45, 2.75) is 5.41 Å². The zero-order valence-corrected chi connectivity index (χ0v) is 22.9. The van der Waals surface area contributed by atoms with Gasteiger partial charge in [0.05, 0.1) is 42.4 Å². The molecule has 198 valence electrons. The average molecular weight is 533 g/mol. The smallest absolute Gasteiger partial charge is 0.118 e. The number of nitrogens with zero attached hydrogens (tertiary/aromatic N) is 2. The number of rotatable bonds is 6. The molecule has 0 saturated carbocycles. The number of pyridine rings is 2. The van der Waals surface area contributed by atoms with Crippen LogP contribution in [0.2, 0.25) is 0 Å². The van der Waals surface area contributed by atoms with E-state index in [-0.39, 0.29) is 0 Å². The number of benzene rings is 4. The second-order valence-corrected chi connectivity index (χ2v) is 10.1. The standard InChI is InChI=1S/C37H28N2O2/c1-40-29-17-13-27(14-18-29)37(28-15-19-30(41-2)20-16-28)31-21-23-33(25-9-5-3-6-10-25)38-35(31)36-32(37)22-24-34(39-36)26-11-7-4-8-12-26/h3-24H,1-2H3. The predicted octanol–water partition coefficient (Wildman–Crippen LogP) is 8.19. The lowest BCUT2D eigenvalue weighted by Crippen LogP contribution is -2.28. The van der Waals surface area contributed by atoms with Crippen molar-refractivity contribution < 1.29 is 9.47 Å². The molecule has 1 aliphatic rings. The summed E-state index contributed by atoms with van der Waals surface area (Å²) in [6, 6.07) is 46.0. The quantitative estimate of drug-likeness (QED) is 0.217. The van der Waals surface area contributed by atoms with Crippen LogP contribution in [0, 0.1) is 0 Å². The summed E-state index contributed by atoms with van der Waals surface area (Å²) >= 11 is 0. The molecule has 0 unspecified atom stereocenters. The van der Waals surface area contributed by atoms with Gasteiger partial charge in [0.15, 0.2) is 0 Å². The molecule has 0 bridgehead atoms. The van der Waals surface area contributed by atoms with Gasteiger partial charge in [0.2, 0.25) is 0 Å². The SMILES string of the molecule is COc1ccc(C2(c3ccc(OC)cc3)c3ccc(-c4ccccc4)nc3-c3nc(-c4ccccc4)ccc32)cc1. The Kier molecular flexibility index (Phi) is 6.09. The first-order chi connectivity index (χ1) is 20.2. The van der Waals surface area contributed by atoms with Crippen molar-refractivity contribution >= 4 is 0 Å². The van der Waals surface area contributed by atoms with Crippen LogP contribution in [0.25, 0.3) is 33.9 Å². The first-order valence-corrected chi connectivity index (χ1v) is 13.7. The maximum absolute atomic E-state index is 5.53. The average Bonchev–Trinajstić information content (AvgIpc) is 3.35. The van der Waals surface area contributed by atoms with Gasteiger partial charge in [-0.15, -0.1) is 0 Å². The van der Waals surface area contributed by atoms with Crippen LogP contribution in [0.15, 0.2) is 133 Å². The van der Waals surface area contributed by atoms with Gasteiger partial charge in [-0.2, -0.15) is 0 Å². The van der Waals surface area contributed by atoms with E-state index in [1.165, 1.54) is 0 Å². The minimum atomic E-state index is -0.631. The third kappa shape index (κ3) is 3.99. The number of aromatic nitrogens is 2. The maximum atomic E-state index is 5.53. The molecule has 4 heteroatoms. The maximum Gasteiger partial charge on any atom is 0.118 e. The molecule has 1 aliphatic carbocycles. The number of methoxy groups -OCH3 is 2. The van der Waals surface area contributed by atoms with E-state index in [2.05, 4.69) is 72.8 Å². The van der Waals surface area contributed by atoms with Gasteiger partial charge in [0.1, 0.15) is 11.5 Å². The highest BCUT2D eigenvalue weighted by atomic mass is 16.5. The molecule has 0 N–H and O–H groups in total. The van der Waals surface area contributed by atoms with Gasteiger partial charge >= 0.3 is 0 Å². The molecule has 0 amide bonds. The number of fused-ring (bicyclic) bond motifs is 3. The van der Waals surface area contributed by atoms with E-state index in [0.717, 1.165) is 67.7 Å². The summed E-state index contributed by atoms with van der Waals surface area (Å²) in [4.78, 5) is 10.6. The first kappa shape index (κ1) is 24.8. The van der Waals surface area contributed by atoms with Crippen molar-refractivity contribution in [3.8, 4) is 45.4 Å². The fraction of sp³-hybridized carbons (Fsp3) is 0.0811. The van der Waals surface area contributed by atoms with Gasteiger partial charge in [0.25, 0.3) is 0 Å². The lowest BCUT2D eigenvalue weighted by atomic mass is 9.68. The Morgan fingerprint density at radius 3 is 1.20 bits per heavy atom. The van der Waals surface area contributed by atoms with Crippen molar-refractivity contribution in [3.63, 3.8) is 0 Å². The molecule has 4 nitrogen and oxygen atoms in total. The molecule has 0 radical (unpaired) electrons. The van der Waals surface area contributed by atoms with Gasteiger partial charge in [-0.05, 0) is 58.7 Å². The van der Waals surface area contributed by atoms with Crippen LogP contribution >= 0.6 is 0 Å². The highest BCUT2D eigenvalue weighted by molar-refractivity contribution is 5.84. The molecule has 0 fully saturated rings. The van der Waals surface area contributed by atoms with E-state index < -0.39 is 5.41 Å². The Morgan fingerprint density at radius 2 is 0.829 bits per heavy atom. The molecule has 2 aromatic heterocycles. The van der Waals surface area contributed by atoms with Crippen molar-refractivity contribution in [2.75, 3.05) is 14.2 Å². The summed E-state index contributed by atoms with van der Waals surface area (Å²) in [5.41, 5.74) is 9.57. The Labute approximate surface area is 239 Å². The molecule has 0 saturated heterocycles. The molecule has 41 heavy (non-hydrogen) atoms.